The SMILES string of the molecule is CC1(C)[C@H]2CC[C@@]1(CS(=O)(=O)N1CSC[C@@H]1C(=O)N1CCCC1)C(=O)C2. The third-order valence-electron chi connectivity index (χ3n) is 7.47. The number of thioether (sulfide) groups is 1. The van der Waals surface area contributed by atoms with E-state index in [1.54, 1.807) is 4.90 Å². The fraction of sp³-hybridized carbons (Fsp3) is 0.889. The lowest BCUT2D eigenvalue weighted by atomic mass is 9.70. The van der Waals surface area contributed by atoms with Gasteiger partial charge in [-0.05, 0) is 37.0 Å². The molecule has 0 aromatic heterocycles. The van der Waals surface area contributed by atoms with Gasteiger partial charge in [0.05, 0.1) is 11.6 Å². The van der Waals surface area contributed by atoms with Gasteiger partial charge in [0.25, 0.3) is 0 Å². The van der Waals surface area contributed by atoms with Crippen LogP contribution in [0.25, 0.3) is 0 Å². The highest BCUT2D eigenvalue weighted by molar-refractivity contribution is 8.00. The second-order valence-corrected chi connectivity index (χ2v) is 11.8. The summed E-state index contributed by atoms with van der Waals surface area (Å²) in [6.45, 7) is 5.56. The van der Waals surface area contributed by atoms with Crippen molar-refractivity contribution in [3.05, 3.63) is 0 Å². The van der Waals surface area contributed by atoms with Crippen LogP contribution in [0.15, 0.2) is 0 Å². The first-order chi connectivity index (χ1) is 12.2. The molecule has 2 saturated heterocycles. The van der Waals surface area contributed by atoms with Gasteiger partial charge >= 0.3 is 0 Å². The number of rotatable bonds is 4. The summed E-state index contributed by atoms with van der Waals surface area (Å²) in [6.07, 6.45) is 4.08. The standard InChI is InChI=1S/C18H28N2O4S2/c1-17(2)13-5-6-18(17,15(21)9-13)11-26(23,24)20-12-25-10-14(20)16(22)19-7-3-4-8-19/h13-14H,3-12H2,1-2H3/t13-,14+,18+/m0/s1. The topological polar surface area (TPSA) is 74.8 Å². The summed E-state index contributed by atoms with van der Waals surface area (Å²) in [7, 11) is -3.67. The van der Waals surface area contributed by atoms with Crippen molar-refractivity contribution in [2.75, 3.05) is 30.5 Å². The van der Waals surface area contributed by atoms with Gasteiger partial charge in [-0.3, -0.25) is 9.59 Å². The molecule has 2 bridgehead atoms. The van der Waals surface area contributed by atoms with E-state index in [9.17, 15) is 18.0 Å². The zero-order valence-corrected chi connectivity index (χ0v) is 17.2. The maximum absolute atomic E-state index is 13.3. The van der Waals surface area contributed by atoms with Crippen molar-refractivity contribution < 1.29 is 18.0 Å². The fourth-order valence-corrected chi connectivity index (χ4v) is 9.54. The summed E-state index contributed by atoms with van der Waals surface area (Å²) in [4.78, 5) is 27.4. The lowest BCUT2D eigenvalue weighted by Gasteiger charge is -2.38. The van der Waals surface area contributed by atoms with E-state index in [-0.39, 0.29) is 22.9 Å². The molecule has 0 aromatic rings. The highest BCUT2D eigenvalue weighted by atomic mass is 32.2. The smallest absolute Gasteiger partial charge is 0.241 e. The molecule has 1 amide bonds. The van der Waals surface area contributed by atoms with Gasteiger partial charge in [0.2, 0.25) is 15.9 Å². The quantitative estimate of drug-likeness (QED) is 0.718. The van der Waals surface area contributed by atoms with Crippen molar-refractivity contribution in [3.63, 3.8) is 0 Å². The summed E-state index contributed by atoms with van der Waals surface area (Å²) in [5.74, 6) is 1.04. The summed E-state index contributed by atoms with van der Waals surface area (Å²) in [6, 6.07) is -0.601. The molecule has 6 nitrogen and oxygen atoms in total. The normalized spacial score (nSPS) is 37.0. The number of sulfonamides is 1. The van der Waals surface area contributed by atoms with Crippen LogP contribution in [0.1, 0.15) is 46.0 Å². The Morgan fingerprint density at radius 1 is 1.27 bits per heavy atom. The van der Waals surface area contributed by atoms with E-state index < -0.39 is 21.5 Å². The molecule has 4 rings (SSSR count). The van der Waals surface area contributed by atoms with Gasteiger partial charge in [-0.25, -0.2) is 8.42 Å². The van der Waals surface area contributed by atoms with Gasteiger partial charge in [0.1, 0.15) is 11.8 Å². The zero-order valence-electron chi connectivity index (χ0n) is 15.6. The van der Waals surface area contributed by atoms with E-state index in [2.05, 4.69) is 13.8 Å². The molecule has 3 atom stereocenters. The lowest BCUT2D eigenvalue weighted by molar-refractivity contribution is -0.133. The van der Waals surface area contributed by atoms with Crippen LogP contribution in [0.5, 0.6) is 0 Å². The minimum Gasteiger partial charge on any atom is -0.341 e. The first-order valence-corrected chi connectivity index (χ1v) is 12.3. The van der Waals surface area contributed by atoms with Gasteiger partial charge in [-0.2, -0.15) is 4.31 Å². The number of Topliss-reactive ketones (excluding diaryl/α,β-unsaturated/α-hetero) is 1. The maximum Gasteiger partial charge on any atom is 0.241 e. The third-order valence-corrected chi connectivity index (χ3v) is 10.6. The molecule has 2 aliphatic heterocycles. The minimum atomic E-state index is -3.67. The Kier molecular flexibility index (Phi) is 4.47. The van der Waals surface area contributed by atoms with Crippen molar-refractivity contribution in [2.45, 2.75) is 52.0 Å². The van der Waals surface area contributed by atoms with Gasteiger partial charge in [-0.1, -0.05) is 13.8 Å². The van der Waals surface area contributed by atoms with Gasteiger partial charge in [0, 0.05) is 30.7 Å². The molecule has 2 saturated carbocycles. The number of carbonyl (C=O) groups excluding carboxylic acids is 2. The maximum atomic E-state index is 13.3. The first-order valence-electron chi connectivity index (χ1n) is 9.58. The van der Waals surface area contributed by atoms with E-state index in [0.717, 1.165) is 32.4 Å². The van der Waals surface area contributed by atoms with Crippen LogP contribution in [0.2, 0.25) is 0 Å². The molecule has 8 heteroatoms. The predicted octanol–water partition coefficient (Wildman–Crippen LogP) is 1.71. The summed E-state index contributed by atoms with van der Waals surface area (Å²) < 4.78 is 28.0. The molecule has 26 heavy (non-hydrogen) atoms. The fourth-order valence-electron chi connectivity index (χ4n) is 5.55. The van der Waals surface area contributed by atoms with Crippen LogP contribution in [0.3, 0.4) is 0 Å². The minimum absolute atomic E-state index is 0.0603. The van der Waals surface area contributed by atoms with Crippen molar-refractivity contribution in [1.29, 1.82) is 0 Å². The Morgan fingerprint density at radius 3 is 2.54 bits per heavy atom. The molecule has 4 fully saturated rings. The Balaban J connectivity index is 1.58. The predicted molar refractivity (Wildman–Crippen MR) is 101 cm³/mol. The second-order valence-electron chi connectivity index (χ2n) is 8.86. The van der Waals surface area contributed by atoms with Crippen LogP contribution < -0.4 is 0 Å². The number of nitrogens with zero attached hydrogens (tertiary/aromatic N) is 2. The van der Waals surface area contributed by atoms with Crippen molar-refractivity contribution >= 4 is 33.5 Å². The average molecular weight is 401 g/mol. The summed E-state index contributed by atoms with van der Waals surface area (Å²) >= 11 is 1.49. The number of hydrogen-bond donors (Lipinski definition) is 0. The van der Waals surface area contributed by atoms with E-state index >= 15 is 0 Å². The van der Waals surface area contributed by atoms with Crippen molar-refractivity contribution in [3.8, 4) is 0 Å². The van der Waals surface area contributed by atoms with E-state index in [0.29, 0.717) is 30.4 Å². The molecule has 0 N–H and O–H groups in total. The lowest BCUT2D eigenvalue weighted by Crippen LogP contribution is -2.52. The number of carbonyl (C=O) groups is 2. The van der Waals surface area contributed by atoms with Crippen molar-refractivity contribution in [1.82, 2.24) is 9.21 Å². The highest BCUT2D eigenvalue weighted by Crippen LogP contribution is 2.64. The molecule has 2 aliphatic carbocycles. The Bertz CT molecular complexity index is 729. The molecule has 2 heterocycles. The molecule has 0 unspecified atom stereocenters. The van der Waals surface area contributed by atoms with Gasteiger partial charge in [0.15, 0.2) is 0 Å². The average Bonchev–Trinajstić information content (AvgIpc) is 3.32. The Labute approximate surface area is 160 Å². The monoisotopic (exact) mass is 400 g/mol. The summed E-state index contributed by atoms with van der Waals surface area (Å²) in [5.41, 5.74) is -1.05. The third kappa shape index (κ3) is 2.58. The molecule has 0 spiro atoms. The highest BCUT2D eigenvalue weighted by Gasteiger charge is 2.66. The number of hydrogen-bond acceptors (Lipinski definition) is 5. The van der Waals surface area contributed by atoms with Crippen LogP contribution in [0.4, 0.5) is 0 Å². The van der Waals surface area contributed by atoms with E-state index in [1.807, 2.05) is 0 Å². The van der Waals surface area contributed by atoms with E-state index in [4.69, 9.17) is 0 Å². The molecule has 4 aliphatic rings. The first kappa shape index (κ1) is 18.7. The number of ketones is 1. The zero-order chi connectivity index (χ0) is 18.7. The van der Waals surface area contributed by atoms with Crippen molar-refractivity contribution in [2.24, 2.45) is 16.7 Å². The molecule has 146 valence electrons. The van der Waals surface area contributed by atoms with Gasteiger partial charge in [-0.15, -0.1) is 11.8 Å². The molecule has 0 aromatic carbocycles. The van der Waals surface area contributed by atoms with Crippen LogP contribution >= 0.6 is 11.8 Å². The van der Waals surface area contributed by atoms with Crippen LogP contribution in [0, 0.1) is 16.7 Å². The molecular weight excluding hydrogens is 372 g/mol. The van der Waals surface area contributed by atoms with E-state index in [1.165, 1.54) is 16.1 Å². The number of amides is 1. The van der Waals surface area contributed by atoms with Crippen LogP contribution in [-0.4, -0.2) is 65.8 Å². The summed E-state index contributed by atoms with van der Waals surface area (Å²) in [5, 5.41) is 0. The molecule has 0 radical (unpaired) electrons. The number of likely N-dealkylation sites (tertiary alicyclic amines) is 1. The second kappa shape index (κ2) is 6.21. The van der Waals surface area contributed by atoms with Crippen LogP contribution in [-0.2, 0) is 19.6 Å². The van der Waals surface area contributed by atoms with Gasteiger partial charge < -0.3 is 4.90 Å². The largest absolute Gasteiger partial charge is 0.341 e. The Hall–Kier alpha value is -0.600. The number of fused-ring (bicyclic) bond motifs is 2. The Morgan fingerprint density at radius 2 is 1.96 bits per heavy atom. The molecular formula is C18H28N2O4S2.